The zero-order valence-corrected chi connectivity index (χ0v) is 11.5. The smallest absolute Gasteiger partial charge is 0.159 e. The topological polar surface area (TPSA) is 35.0 Å². The van der Waals surface area contributed by atoms with Gasteiger partial charge in [-0.3, -0.25) is 0 Å². The number of aromatic nitrogens is 2. The van der Waals surface area contributed by atoms with E-state index in [2.05, 4.69) is 10.2 Å². The fourth-order valence-corrected chi connectivity index (χ4v) is 1.91. The molecule has 0 aliphatic heterocycles. The zero-order chi connectivity index (χ0) is 13.1. The highest BCUT2D eigenvalue weighted by molar-refractivity contribution is 6.33. The van der Waals surface area contributed by atoms with Gasteiger partial charge in [-0.15, -0.1) is 10.2 Å². The molecule has 0 unspecified atom stereocenters. The number of benzene rings is 1. The van der Waals surface area contributed by atoms with E-state index in [1.54, 1.807) is 6.07 Å². The molecule has 0 saturated carbocycles. The lowest BCUT2D eigenvalue weighted by atomic mass is 10.1. The summed E-state index contributed by atoms with van der Waals surface area (Å²) in [6, 6.07) is 9.31. The van der Waals surface area contributed by atoms with E-state index >= 15 is 0 Å². The second kappa shape index (κ2) is 5.55. The molecule has 1 aromatic carbocycles. The molecule has 3 nitrogen and oxygen atoms in total. The molecule has 5 heteroatoms. The first kappa shape index (κ1) is 13.1. The monoisotopic (exact) mass is 282 g/mol. The van der Waals surface area contributed by atoms with Gasteiger partial charge in [0.1, 0.15) is 5.75 Å². The number of ether oxygens (including phenoxy) is 1. The number of hydrogen-bond donors (Lipinski definition) is 0. The third kappa shape index (κ3) is 3.12. The van der Waals surface area contributed by atoms with Crippen molar-refractivity contribution >= 4 is 23.2 Å². The van der Waals surface area contributed by atoms with E-state index in [-0.39, 0.29) is 6.10 Å². The molecule has 0 radical (unpaired) electrons. The van der Waals surface area contributed by atoms with E-state index < -0.39 is 0 Å². The Labute approximate surface area is 116 Å². The van der Waals surface area contributed by atoms with E-state index in [1.165, 1.54) is 0 Å². The van der Waals surface area contributed by atoms with Crippen molar-refractivity contribution < 1.29 is 4.74 Å². The second-order valence-electron chi connectivity index (χ2n) is 4.07. The summed E-state index contributed by atoms with van der Waals surface area (Å²) in [6.07, 6.45) is 0.120. The van der Waals surface area contributed by atoms with Gasteiger partial charge in [-0.25, -0.2) is 0 Å². The van der Waals surface area contributed by atoms with Gasteiger partial charge in [-0.2, -0.15) is 0 Å². The molecule has 0 spiro atoms. The van der Waals surface area contributed by atoms with E-state index in [4.69, 9.17) is 27.9 Å². The Kier molecular flexibility index (Phi) is 4.04. The first-order valence-electron chi connectivity index (χ1n) is 5.52. The van der Waals surface area contributed by atoms with Crippen LogP contribution < -0.4 is 4.74 Å². The molecular weight excluding hydrogens is 271 g/mol. The van der Waals surface area contributed by atoms with Crippen molar-refractivity contribution in [2.45, 2.75) is 20.0 Å². The summed E-state index contributed by atoms with van der Waals surface area (Å²) >= 11 is 11.8. The van der Waals surface area contributed by atoms with Gasteiger partial charge in [0.25, 0.3) is 0 Å². The molecule has 0 aliphatic carbocycles. The van der Waals surface area contributed by atoms with Crippen molar-refractivity contribution in [3.05, 3.63) is 40.6 Å². The van der Waals surface area contributed by atoms with Crippen molar-refractivity contribution in [1.29, 1.82) is 0 Å². The summed E-state index contributed by atoms with van der Waals surface area (Å²) in [5.41, 5.74) is 1.64. The summed E-state index contributed by atoms with van der Waals surface area (Å²) in [5, 5.41) is 8.11. The van der Waals surface area contributed by atoms with Gasteiger partial charge in [0.2, 0.25) is 0 Å². The summed E-state index contributed by atoms with van der Waals surface area (Å²) in [4.78, 5) is 0. The van der Waals surface area contributed by atoms with Gasteiger partial charge in [0.15, 0.2) is 10.3 Å². The Morgan fingerprint density at radius 2 is 1.89 bits per heavy atom. The minimum atomic E-state index is 0.120. The average Bonchev–Trinajstić information content (AvgIpc) is 2.32. The molecule has 0 saturated heterocycles. The van der Waals surface area contributed by atoms with Crippen LogP contribution >= 0.6 is 23.2 Å². The number of nitrogens with zero attached hydrogens (tertiary/aromatic N) is 2. The lowest BCUT2D eigenvalue weighted by molar-refractivity contribution is 0.242. The first-order valence-corrected chi connectivity index (χ1v) is 6.27. The quantitative estimate of drug-likeness (QED) is 0.845. The zero-order valence-electron chi connectivity index (χ0n) is 10.0. The van der Waals surface area contributed by atoms with Gasteiger partial charge in [0, 0.05) is 5.56 Å². The van der Waals surface area contributed by atoms with E-state index in [1.807, 2.05) is 38.1 Å². The lowest BCUT2D eigenvalue weighted by Gasteiger charge is -2.11. The van der Waals surface area contributed by atoms with Crippen LogP contribution in [0.25, 0.3) is 11.1 Å². The third-order valence-electron chi connectivity index (χ3n) is 2.24. The highest BCUT2D eigenvalue weighted by Gasteiger charge is 2.08. The highest BCUT2D eigenvalue weighted by Crippen LogP contribution is 2.30. The molecule has 0 aliphatic rings. The third-order valence-corrected chi connectivity index (χ3v) is 2.70. The maximum Gasteiger partial charge on any atom is 0.159 e. The lowest BCUT2D eigenvalue weighted by Crippen LogP contribution is -2.05. The fraction of sp³-hybridized carbons (Fsp3) is 0.231. The van der Waals surface area contributed by atoms with Gasteiger partial charge in [-0.05, 0) is 37.6 Å². The van der Waals surface area contributed by atoms with Crippen LogP contribution in [0.2, 0.25) is 10.3 Å². The van der Waals surface area contributed by atoms with E-state index in [0.717, 1.165) is 16.9 Å². The summed E-state index contributed by atoms with van der Waals surface area (Å²) < 4.78 is 5.63. The van der Waals surface area contributed by atoms with Gasteiger partial charge >= 0.3 is 0 Å². The standard InChI is InChI=1S/C13H12Cl2N2O/c1-8(2)18-10-5-3-4-9(6-10)11-7-12(14)16-17-13(11)15/h3-8H,1-2H3. The normalized spacial score (nSPS) is 10.7. The Hall–Kier alpha value is -1.32. The second-order valence-corrected chi connectivity index (χ2v) is 4.81. The minimum Gasteiger partial charge on any atom is -0.491 e. The molecule has 0 amide bonds. The molecule has 18 heavy (non-hydrogen) atoms. The minimum absolute atomic E-state index is 0.120. The number of hydrogen-bond acceptors (Lipinski definition) is 3. The Bertz CT molecular complexity index is 558. The summed E-state index contributed by atoms with van der Waals surface area (Å²) in [7, 11) is 0. The number of rotatable bonds is 3. The molecular formula is C13H12Cl2N2O. The van der Waals surface area contributed by atoms with Crippen LogP contribution in [0, 0.1) is 0 Å². The Morgan fingerprint density at radius 1 is 1.11 bits per heavy atom. The van der Waals surface area contributed by atoms with Gasteiger partial charge < -0.3 is 4.74 Å². The van der Waals surface area contributed by atoms with Crippen molar-refractivity contribution in [2.24, 2.45) is 0 Å². The molecule has 0 bridgehead atoms. The maximum absolute atomic E-state index is 6.02. The molecule has 2 aromatic rings. The molecule has 0 fully saturated rings. The van der Waals surface area contributed by atoms with E-state index in [9.17, 15) is 0 Å². The SMILES string of the molecule is CC(C)Oc1cccc(-c2cc(Cl)nnc2Cl)c1. The highest BCUT2D eigenvalue weighted by atomic mass is 35.5. The van der Waals surface area contributed by atoms with Crippen molar-refractivity contribution in [3.63, 3.8) is 0 Å². The van der Waals surface area contributed by atoms with Crippen LogP contribution in [0.1, 0.15) is 13.8 Å². The summed E-state index contributed by atoms with van der Waals surface area (Å²) in [5.74, 6) is 0.784. The van der Waals surface area contributed by atoms with Crippen LogP contribution in [0.4, 0.5) is 0 Å². The van der Waals surface area contributed by atoms with Gasteiger partial charge in [-0.1, -0.05) is 35.3 Å². The van der Waals surface area contributed by atoms with Crippen molar-refractivity contribution in [2.75, 3.05) is 0 Å². The maximum atomic E-state index is 6.02. The van der Waals surface area contributed by atoms with Gasteiger partial charge in [0.05, 0.1) is 6.10 Å². The van der Waals surface area contributed by atoms with Crippen LogP contribution in [-0.4, -0.2) is 16.3 Å². The molecule has 94 valence electrons. The Morgan fingerprint density at radius 3 is 2.61 bits per heavy atom. The van der Waals surface area contributed by atoms with Crippen LogP contribution in [0.15, 0.2) is 30.3 Å². The molecule has 0 N–H and O–H groups in total. The predicted molar refractivity (Wildman–Crippen MR) is 73.3 cm³/mol. The average molecular weight is 283 g/mol. The summed E-state index contributed by atoms with van der Waals surface area (Å²) in [6.45, 7) is 3.95. The largest absolute Gasteiger partial charge is 0.491 e. The Balaban J connectivity index is 2.41. The fourth-order valence-electron chi connectivity index (χ4n) is 1.56. The van der Waals surface area contributed by atoms with E-state index in [0.29, 0.717) is 10.3 Å². The van der Waals surface area contributed by atoms with Crippen molar-refractivity contribution in [3.8, 4) is 16.9 Å². The van der Waals surface area contributed by atoms with Crippen molar-refractivity contribution in [1.82, 2.24) is 10.2 Å². The molecule has 0 atom stereocenters. The first-order chi connectivity index (χ1) is 8.56. The van der Waals surface area contributed by atoms with Crippen LogP contribution in [0.5, 0.6) is 5.75 Å². The predicted octanol–water partition coefficient (Wildman–Crippen LogP) is 4.24. The number of halogens is 2. The molecule has 1 aromatic heterocycles. The van der Waals surface area contributed by atoms with Crippen LogP contribution in [-0.2, 0) is 0 Å². The molecule has 2 rings (SSSR count). The van der Waals surface area contributed by atoms with Crippen LogP contribution in [0.3, 0.4) is 0 Å². The molecule has 1 heterocycles.